The number of aryl methyl sites for hydroxylation is 1. The molecule has 8 heteroatoms. The lowest BCUT2D eigenvalue weighted by Gasteiger charge is -2.37. The number of carbonyl (C=O) groups is 2. The van der Waals surface area contributed by atoms with Gasteiger partial charge in [0, 0.05) is 11.4 Å². The topological polar surface area (TPSA) is 71.0 Å². The number of esters is 1. The second kappa shape index (κ2) is 9.62. The van der Waals surface area contributed by atoms with Crippen molar-refractivity contribution in [2.75, 3.05) is 11.9 Å². The number of thioether (sulfide) groups is 1. The number of nitrogens with one attached hydrogen (secondary N) is 1. The van der Waals surface area contributed by atoms with Gasteiger partial charge in [0.1, 0.15) is 5.82 Å². The molecule has 0 bridgehead atoms. The number of hydrogen-bond acceptors (Lipinski definition) is 6. The van der Waals surface area contributed by atoms with Gasteiger partial charge in [0.25, 0.3) is 0 Å². The first kappa shape index (κ1) is 22.8. The van der Waals surface area contributed by atoms with Gasteiger partial charge in [0.05, 0.1) is 30.3 Å². The molecule has 1 amide bonds. The van der Waals surface area contributed by atoms with Crippen molar-refractivity contribution in [1.82, 2.24) is 4.90 Å². The molecule has 6 nitrogen and oxygen atoms in total. The minimum absolute atomic E-state index is 0.0704. The van der Waals surface area contributed by atoms with Crippen molar-refractivity contribution >= 4 is 34.5 Å². The largest absolute Gasteiger partial charge is 0.463 e. The van der Waals surface area contributed by atoms with Crippen LogP contribution in [0.15, 0.2) is 75.9 Å². The average Bonchev–Trinajstić information content (AvgIpc) is 3.17. The Morgan fingerprint density at radius 2 is 1.88 bits per heavy atom. The molecule has 0 saturated carbocycles. The highest BCUT2D eigenvalue weighted by molar-refractivity contribution is 8.16. The van der Waals surface area contributed by atoms with Crippen LogP contribution < -0.4 is 5.32 Å². The molecule has 0 aliphatic carbocycles. The minimum atomic E-state index is -0.461. The second-order valence-electron chi connectivity index (χ2n) is 7.70. The van der Waals surface area contributed by atoms with Crippen LogP contribution in [-0.4, -0.2) is 28.6 Å². The van der Waals surface area contributed by atoms with Gasteiger partial charge in [-0.15, -0.1) is 0 Å². The summed E-state index contributed by atoms with van der Waals surface area (Å²) in [4.78, 5) is 32.4. The molecule has 1 atom stereocenters. The van der Waals surface area contributed by atoms with Gasteiger partial charge < -0.3 is 15.0 Å². The molecule has 2 aromatic rings. The smallest absolute Gasteiger partial charge is 0.338 e. The SMILES string of the molecule is CCOC(=O)C1=C(C)N=C2SC=C(CC(=O)Nc3ccc(F)cc3)N2C1c1ccccc1C. The van der Waals surface area contributed by atoms with Crippen molar-refractivity contribution in [3.63, 3.8) is 0 Å². The van der Waals surface area contributed by atoms with Crippen LogP contribution in [0.5, 0.6) is 0 Å². The van der Waals surface area contributed by atoms with Crippen LogP contribution >= 0.6 is 11.8 Å². The molecular weight excluding hydrogens is 441 g/mol. The number of ether oxygens (including phenoxy) is 1. The summed E-state index contributed by atoms with van der Waals surface area (Å²) in [6.45, 7) is 5.82. The Hall–Kier alpha value is -3.39. The Morgan fingerprint density at radius 3 is 2.58 bits per heavy atom. The number of rotatable bonds is 6. The second-order valence-corrected chi connectivity index (χ2v) is 8.54. The Kier molecular flexibility index (Phi) is 6.65. The van der Waals surface area contributed by atoms with Gasteiger partial charge >= 0.3 is 5.97 Å². The molecule has 170 valence electrons. The van der Waals surface area contributed by atoms with Gasteiger partial charge in [-0.05, 0) is 61.6 Å². The third-order valence-electron chi connectivity index (χ3n) is 5.45. The fourth-order valence-electron chi connectivity index (χ4n) is 3.93. The van der Waals surface area contributed by atoms with Gasteiger partial charge in [-0.2, -0.15) is 0 Å². The van der Waals surface area contributed by atoms with E-state index in [1.54, 1.807) is 6.92 Å². The Bertz CT molecular complexity index is 1190. The average molecular weight is 466 g/mol. The number of anilines is 1. The van der Waals surface area contributed by atoms with E-state index in [1.165, 1.54) is 36.0 Å². The lowest BCUT2D eigenvalue weighted by Crippen LogP contribution is -2.37. The molecule has 33 heavy (non-hydrogen) atoms. The predicted octanol–water partition coefficient (Wildman–Crippen LogP) is 5.30. The van der Waals surface area contributed by atoms with Crippen LogP contribution in [-0.2, 0) is 14.3 Å². The summed E-state index contributed by atoms with van der Waals surface area (Å²) in [7, 11) is 0. The van der Waals surface area contributed by atoms with Crippen LogP contribution in [0.3, 0.4) is 0 Å². The zero-order valence-electron chi connectivity index (χ0n) is 18.6. The van der Waals surface area contributed by atoms with E-state index in [1.807, 2.05) is 48.4 Å². The van der Waals surface area contributed by atoms with Gasteiger partial charge in [0.2, 0.25) is 5.91 Å². The van der Waals surface area contributed by atoms with Crippen LogP contribution in [0, 0.1) is 12.7 Å². The summed E-state index contributed by atoms with van der Waals surface area (Å²) in [5, 5.41) is 5.39. The quantitative estimate of drug-likeness (QED) is 0.586. The summed E-state index contributed by atoms with van der Waals surface area (Å²) in [5.41, 5.74) is 4.26. The monoisotopic (exact) mass is 465 g/mol. The summed E-state index contributed by atoms with van der Waals surface area (Å²) >= 11 is 1.42. The molecule has 2 aromatic carbocycles. The molecule has 1 unspecified atom stereocenters. The van der Waals surface area contributed by atoms with Crippen LogP contribution in [0.2, 0.25) is 0 Å². The third-order valence-corrected chi connectivity index (χ3v) is 6.34. The lowest BCUT2D eigenvalue weighted by atomic mass is 9.91. The van der Waals surface area contributed by atoms with Gasteiger partial charge in [-0.25, -0.2) is 14.2 Å². The number of amides is 1. The van der Waals surface area contributed by atoms with E-state index in [2.05, 4.69) is 10.3 Å². The Labute approximate surface area is 196 Å². The third kappa shape index (κ3) is 4.71. The predicted molar refractivity (Wildman–Crippen MR) is 128 cm³/mol. The number of benzene rings is 2. The number of halogens is 1. The van der Waals surface area contributed by atoms with Gasteiger partial charge in [-0.3, -0.25) is 4.79 Å². The molecule has 2 aliphatic heterocycles. The van der Waals surface area contributed by atoms with Crippen LogP contribution in [0.4, 0.5) is 10.1 Å². The van der Waals surface area contributed by atoms with Crippen LogP contribution in [0.1, 0.15) is 37.4 Å². The lowest BCUT2D eigenvalue weighted by molar-refractivity contribution is -0.139. The van der Waals surface area contributed by atoms with Crippen molar-refractivity contribution in [2.24, 2.45) is 4.99 Å². The molecule has 1 N–H and O–H groups in total. The van der Waals surface area contributed by atoms with Crippen molar-refractivity contribution < 1.29 is 18.7 Å². The number of amidine groups is 1. The van der Waals surface area contributed by atoms with E-state index >= 15 is 0 Å². The number of hydrogen-bond donors (Lipinski definition) is 1. The minimum Gasteiger partial charge on any atom is -0.463 e. The van der Waals surface area contributed by atoms with Crippen molar-refractivity contribution in [2.45, 2.75) is 33.2 Å². The number of allylic oxidation sites excluding steroid dienone is 1. The first-order chi connectivity index (χ1) is 15.9. The maximum atomic E-state index is 13.2. The Balaban J connectivity index is 1.67. The fraction of sp³-hybridized carbons (Fsp3) is 0.240. The Morgan fingerprint density at radius 1 is 1.15 bits per heavy atom. The molecule has 4 rings (SSSR count). The van der Waals surface area contributed by atoms with E-state index in [-0.39, 0.29) is 24.8 Å². The van der Waals surface area contributed by atoms with E-state index in [9.17, 15) is 14.0 Å². The zero-order chi connectivity index (χ0) is 23.5. The molecule has 2 aliphatic rings. The number of fused-ring (bicyclic) bond motifs is 1. The maximum absolute atomic E-state index is 13.2. The highest BCUT2D eigenvalue weighted by Gasteiger charge is 2.41. The maximum Gasteiger partial charge on any atom is 0.338 e. The summed E-state index contributed by atoms with van der Waals surface area (Å²) in [5.74, 6) is -1.04. The molecule has 0 aromatic heterocycles. The summed E-state index contributed by atoms with van der Waals surface area (Å²) in [6, 6.07) is 13.0. The van der Waals surface area contributed by atoms with Gasteiger partial charge in [0.15, 0.2) is 5.17 Å². The normalized spacial score (nSPS) is 17.3. The van der Waals surface area contributed by atoms with Gasteiger partial charge in [-0.1, -0.05) is 36.0 Å². The van der Waals surface area contributed by atoms with Crippen molar-refractivity contribution in [3.8, 4) is 0 Å². The van der Waals surface area contributed by atoms with Crippen molar-refractivity contribution in [3.05, 3.63) is 87.9 Å². The molecule has 0 spiro atoms. The molecule has 0 radical (unpaired) electrons. The van der Waals surface area contributed by atoms with Crippen molar-refractivity contribution in [1.29, 1.82) is 0 Å². The van der Waals surface area contributed by atoms with E-state index in [4.69, 9.17) is 4.74 Å². The summed E-state index contributed by atoms with van der Waals surface area (Å²) < 4.78 is 18.5. The first-order valence-corrected chi connectivity index (χ1v) is 11.5. The van der Waals surface area contributed by atoms with E-state index in [0.717, 1.165) is 16.8 Å². The first-order valence-electron chi connectivity index (χ1n) is 10.6. The fourth-order valence-corrected chi connectivity index (χ4v) is 4.89. The highest BCUT2D eigenvalue weighted by atomic mass is 32.2. The molecule has 0 fully saturated rings. The van der Waals surface area contributed by atoms with E-state index < -0.39 is 12.0 Å². The zero-order valence-corrected chi connectivity index (χ0v) is 19.4. The standard InChI is InChI=1S/C25H24FN3O3S/c1-4-32-24(31)22-16(3)27-25-29(23(22)20-8-6-5-7-15(20)2)19(14-33-25)13-21(30)28-18-11-9-17(26)10-12-18/h5-12,14,23H,4,13H2,1-3H3,(H,28,30). The molecule has 0 saturated heterocycles. The molecule has 2 heterocycles. The summed E-state index contributed by atoms with van der Waals surface area (Å²) in [6.07, 6.45) is 0.0704. The van der Waals surface area contributed by atoms with Crippen LogP contribution in [0.25, 0.3) is 0 Å². The number of aliphatic imine (C=N–C) groups is 1. The van der Waals surface area contributed by atoms with E-state index in [0.29, 0.717) is 22.1 Å². The molecular formula is C25H24FN3O3S. The number of nitrogens with zero attached hydrogens (tertiary/aromatic N) is 2. The highest BCUT2D eigenvalue weighted by Crippen LogP contribution is 2.45. The number of carbonyl (C=O) groups excluding carboxylic acids is 2.